The number of aliphatic hydroxyl groups excluding tert-OH is 1. The number of hydrogen-bond acceptors (Lipinski definition) is 4. The minimum Gasteiger partial charge on any atom is -0.490 e. The fourth-order valence-electron chi connectivity index (χ4n) is 1.18. The lowest BCUT2D eigenvalue weighted by molar-refractivity contribution is 0.120. The van der Waals surface area contributed by atoms with Crippen molar-refractivity contribution in [3.63, 3.8) is 0 Å². The Morgan fingerprint density at radius 1 is 1.38 bits per heavy atom. The van der Waals surface area contributed by atoms with E-state index in [-0.39, 0.29) is 6.61 Å². The van der Waals surface area contributed by atoms with Crippen LogP contribution in [0.15, 0.2) is 18.2 Å². The van der Waals surface area contributed by atoms with Crippen LogP contribution in [0.4, 0.5) is 0 Å². The van der Waals surface area contributed by atoms with Crippen LogP contribution in [0.5, 0.6) is 11.5 Å². The zero-order valence-corrected chi connectivity index (χ0v) is 9.43. The molecule has 1 rings (SSSR count). The topological polar surface area (TPSA) is 62.5 Å². The molecule has 1 aromatic carbocycles. The molecule has 0 bridgehead atoms. The third-order valence-corrected chi connectivity index (χ3v) is 1.85. The number of aliphatic hydroxyl groups is 1. The van der Waals surface area contributed by atoms with E-state index in [4.69, 9.17) is 19.8 Å². The van der Waals surface area contributed by atoms with Gasteiger partial charge in [0.25, 0.3) is 0 Å². The van der Waals surface area contributed by atoms with Crippen molar-refractivity contribution >= 4 is 0 Å². The van der Waals surface area contributed by atoms with Gasteiger partial charge in [0, 0.05) is 6.07 Å². The summed E-state index contributed by atoms with van der Waals surface area (Å²) in [5.41, 5.74) is 0.521. The normalized spacial score (nSPS) is 11.6. The smallest absolute Gasteiger partial charge is 0.162 e. The second kappa shape index (κ2) is 5.99. The van der Waals surface area contributed by atoms with Crippen LogP contribution in [-0.4, -0.2) is 24.4 Å². The van der Waals surface area contributed by atoms with Gasteiger partial charge >= 0.3 is 0 Å². The number of nitrogens with zero attached hydrogens (tertiary/aromatic N) is 1. The molecule has 0 saturated heterocycles. The molecule has 0 radical (unpaired) electrons. The van der Waals surface area contributed by atoms with Gasteiger partial charge in [-0.1, -0.05) is 0 Å². The minimum absolute atomic E-state index is 0.200. The zero-order valence-electron chi connectivity index (χ0n) is 9.43. The molecule has 0 aromatic heterocycles. The average Bonchev–Trinajstić information content (AvgIpc) is 2.27. The van der Waals surface area contributed by atoms with E-state index in [1.54, 1.807) is 25.1 Å². The highest BCUT2D eigenvalue weighted by atomic mass is 16.5. The van der Waals surface area contributed by atoms with Crippen molar-refractivity contribution in [1.29, 1.82) is 5.26 Å². The Labute approximate surface area is 95.0 Å². The number of ether oxygens (including phenoxy) is 2. The Bertz CT molecular complexity index is 382. The molecule has 0 heterocycles. The zero-order chi connectivity index (χ0) is 12.0. The lowest BCUT2D eigenvalue weighted by Crippen LogP contribution is -2.13. The summed E-state index contributed by atoms with van der Waals surface area (Å²) in [5.74, 6) is 1.07. The van der Waals surface area contributed by atoms with Gasteiger partial charge in [-0.15, -0.1) is 0 Å². The molecule has 0 aliphatic rings. The van der Waals surface area contributed by atoms with Crippen molar-refractivity contribution in [2.75, 3.05) is 13.2 Å². The molecule has 4 nitrogen and oxygen atoms in total. The molecule has 1 N–H and O–H groups in total. The Balaban J connectivity index is 2.85. The first kappa shape index (κ1) is 12.3. The third-order valence-electron chi connectivity index (χ3n) is 1.85. The van der Waals surface area contributed by atoms with Crippen LogP contribution in [0.3, 0.4) is 0 Å². The van der Waals surface area contributed by atoms with E-state index in [9.17, 15) is 0 Å². The molecule has 16 heavy (non-hydrogen) atoms. The van der Waals surface area contributed by atoms with Crippen molar-refractivity contribution < 1.29 is 14.6 Å². The molecule has 0 saturated carbocycles. The van der Waals surface area contributed by atoms with Gasteiger partial charge in [0.15, 0.2) is 11.5 Å². The van der Waals surface area contributed by atoms with Crippen LogP contribution in [-0.2, 0) is 0 Å². The van der Waals surface area contributed by atoms with Gasteiger partial charge in [-0.05, 0) is 26.0 Å². The second-order valence-electron chi connectivity index (χ2n) is 3.37. The van der Waals surface area contributed by atoms with Gasteiger partial charge in [0.2, 0.25) is 0 Å². The summed E-state index contributed by atoms with van der Waals surface area (Å²) in [5, 5.41) is 17.9. The van der Waals surface area contributed by atoms with E-state index in [0.29, 0.717) is 23.7 Å². The standard InChI is InChI=1S/C12H15NO3/c1-3-15-12-6-10(7-13)4-5-11(12)16-8-9(2)14/h4-6,9,14H,3,8H2,1-2H3. The van der Waals surface area contributed by atoms with Crippen LogP contribution in [0.1, 0.15) is 19.4 Å². The Morgan fingerprint density at radius 3 is 2.69 bits per heavy atom. The average molecular weight is 221 g/mol. The van der Waals surface area contributed by atoms with Gasteiger partial charge in [-0.3, -0.25) is 0 Å². The van der Waals surface area contributed by atoms with Crippen LogP contribution >= 0.6 is 0 Å². The molecular formula is C12H15NO3. The molecule has 86 valence electrons. The van der Waals surface area contributed by atoms with Gasteiger partial charge in [-0.2, -0.15) is 5.26 Å². The highest BCUT2D eigenvalue weighted by Gasteiger charge is 2.07. The van der Waals surface area contributed by atoms with Crippen molar-refractivity contribution in [1.82, 2.24) is 0 Å². The predicted octanol–water partition coefficient (Wildman–Crippen LogP) is 1.72. The van der Waals surface area contributed by atoms with E-state index in [2.05, 4.69) is 0 Å². The van der Waals surface area contributed by atoms with E-state index < -0.39 is 6.10 Å². The SMILES string of the molecule is CCOc1cc(C#N)ccc1OCC(C)O. The molecule has 4 heteroatoms. The summed E-state index contributed by atoms with van der Waals surface area (Å²) >= 11 is 0. The van der Waals surface area contributed by atoms with E-state index in [0.717, 1.165) is 0 Å². The van der Waals surface area contributed by atoms with Crippen LogP contribution < -0.4 is 9.47 Å². The quantitative estimate of drug-likeness (QED) is 0.822. The maximum absolute atomic E-state index is 9.12. The molecule has 1 unspecified atom stereocenters. The summed E-state index contributed by atoms with van der Waals surface area (Å²) in [6, 6.07) is 6.98. The summed E-state index contributed by atoms with van der Waals surface area (Å²) in [6.45, 7) is 4.20. The molecule has 1 aromatic rings. The van der Waals surface area contributed by atoms with Gasteiger partial charge in [0.1, 0.15) is 6.61 Å². The third kappa shape index (κ3) is 3.44. The highest BCUT2D eigenvalue weighted by molar-refractivity contribution is 5.46. The number of rotatable bonds is 5. The maximum atomic E-state index is 9.12. The molecule has 0 fully saturated rings. The molecular weight excluding hydrogens is 206 g/mol. The number of benzene rings is 1. The molecule has 0 spiro atoms. The van der Waals surface area contributed by atoms with Crippen molar-refractivity contribution in [3.05, 3.63) is 23.8 Å². The fourth-order valence-corrected chi connectivity index (χ4v) is 1.18. The van der Waals surface area contributed by atoms with E-state index in [1.807, 2.05) is 13.0 Å². The second-order valence-corrected chi connectivity index (χ2v) is 3.37. The van der Waals surface area contributed by atoms with Crippen LogP contribution in [0.25, 0.3) is 0 Å². The monoisotopic (exact) mass is 221 g/mol. The van der Waals surface area contributed by atoms with Crippen LogP contribution in [0, 0.1) is 11.3 Å². The van der Waals surface area contributed by atoms with Gasteiger partial charge in [-0.25, -0.2) is 0 Å². The first-order chi connectivity index (χ1) is 7.67. The Hall–Kier alpha value is -1.73. The van der Waals surface area contributed by atoms with Crippen molar-refractivity contribution in [2.45, 2.75) is 20.0 Å². The molecule has 0 aliphatic carbocycles. The van der Waals surface area contributed by atoms with Gasteiger partial charge in [0.05, 0.1) is 24.3 Å². The number of hydrogen-bond donors (Lipinski definition) is 1. The minimum atomic E-state index is -0.537. The van der Waals surface area contributed by atoms with Crippen LogP contribution in [0.2, 0.25) is 0 Å². The molecule has 0 amide bonds. The van der Waals surface area contributed by atoms with E-state index >= 15 is 0 Å². The van der Waals surface area contributed by atoms with Crippen molar-refractivity contribution in [3.8, 4) is 17.6 Å². The maximum Gasteiger partial charge on any atom is 0.162 e. The molecule has 0 aliphatic heterocycles. The molecule has 1 atom stereocenters. The lowest BCUT2D eigenvalue weighted by Gasteiger charge is -2.12. The summed E-state index contributed by atoms with van der Waals surface area (Å²) in [7, 11) is 0. The largest absolute Gasteiger partial charge is 0.490 e. The Kier molecular flexibility index (Phi) is 4.62. The lowest BCUT2D eigenvalue weighted by atomic mass is 10.2. The van der Waals surface area contributed by atoms with Crippen molar-refractivity contribution in [2.24, 2.45) is 0 Å². The first-order valence-electron chi connectivity index (χ1n) is 5.15. The van der Waals surface area contributed by atoms with E-state index in [1.165, 1.54) is 0 Å². The predicted molar refractivity (Wildman–Crippen MR) is 59.5 cm³/mol. The fraction of sp³-hybridized carbons (Fsp3) is 0.417. The Morgan fingerprint density at radius 2 is 2.12 bits per heavy atom. The summed E-state index contributed by atoms with van der Waals surface area (Å²) in [6.07, 6.45) is -0.537. The van der Waals surface area contributed by atoms with Gasteiger partial charge < -0.3 is 14.6 Å². The number of nitriles is 1. The first-order valence-corrected chi connectivity index (χ1v) is 5.15. The highest BCUT2D eigenvalue weighted by Crippen LogP contribution is 2.28. The summed E-state index contributed by atoms with van der Waals surface area (Å²) < 4.78 is 10.7. The summed E-state index contributed by atoms with van der Waals surface area (Å²) in [4.78, 5) is 0.